The molecule has 0 amide bonds. The summed E-state index contributed by atoms with van der Waals surface area (Å²) in [4.78, 5) is 0. The molecule has 0 aromatic heterocycles. The lowest BCUT2D eigenvalue weighted by molar-refractivity contribution is -0.198. The van der Waals surface area contributed by atoms with Gasteiger partial charge in [-0.05, 0) is 18.7 Å². The predicted octanol–water partition coefficient (Wildman–Crippen LogP) is 3.36. The van der Waals surface area contributed by atoms with Crippen molar-refractivity contribution in [2.24, 2.45) is 5.73 Å². The van der Waals surface area contributed by atoms with Gasteiger partial charge in [0.05, 0.1) is 5.56 Å². The monoisotopic (exact) mass is 287 g/mol. The van der Waals surface area contributed by atoms with Crippen LogP contribution in [-0.2, 0) is 6.18 Å². The van der Waals surface area contributed by atoms with Gasteiger partial charge in [0.2, 0.25) is 0 Å². The van der Waals surface area contributed by atoms with E-state index in [-0.39, 0.29) is 6.54 Å². The van der Waals surface area contributed by atoms with Crippen molar-refractivity contribution in [2.45, 2.75) is 24.9 Å². The van der Waals surface area contributed by atoms with Crippen molar-refractivity contribution in [3.8, 4) is 5.75 Å². The first-order valence-electron chi connectivity index (χ1n) is 5.26. The van der Waals surface area contributed by atoms with Crippen molar-refractivity contribution >= 4 is 0 Å². The lowest BCUT2D eigenvalue weighted by Gasteiger charge is -2.23. The minimum atomic E-state index is -4.78. The van der Waals surface area contributed by atoms with Crippen molar-refractivity contribution in [3.05, 3.63) is 29.8 Å². The van der Waals surface area contributed by atoms with Gasteiger partial charge in [-0.3, -0.25) is 0 Å². The van der Waals surface area contributed by atoms with Gasteiger partial charge < -0.3 is 10.5 Å². The quantitative estimate of drug-likeness (QED) is 0.862. The molecule has 19 heavy (non-hydrogen) atoms. The van der Waals surface area contributed by atoms with E-state index in [9.17, 15) is 26.3 Å². The molecule has 1 atom stereocenters. The van der Waals surface area contributed by atoms with Crippen molar-refractivity contribution in [1.29, 1.82) is 0 Å². The maximum absolute atomic E-state index is 12.6. The Hall–Kier alpha value is -1.44. The molecule has 0 saturated carbocycles. The highest BCUT2D eigenvalue weighted by atomic mass is 19.4. The number of ether oxygens (including phenoxy) is 1. The molecular formula is C11H11F6NO. The summed E-state index contributed by atoms with van der Waals surface area (Å²) in [5.41, 5.74) is 3.75. The number of nitrogens with two attached hydrogens (primary N) is 1. The van der Waals surface area contributed by atoms with Gasteiger partial charge in [-0.15, -0.1) is 0 Å². The first kappa shape index (κ1) is 15.6. The molecule has 2 N–H and O–H groups in total. The van der Waals surface area contributed by atoms with Gasteiger partial charge in [0.25, 0.3) is 0 Å². The summed E-state index contributed by atoms with van der Waals surface area (Å²) in [6.07, 6.45) is -12.5. The zero-order valence-corrected chi connectivity index (χ0v) is 9.55. The average Bonchev–Trinajstić information content (AvgIpc) is 2.26. The maximum atomic E-state index is 12.6. The minimum Gasteiger partial charge on any atom is -0.480 e. The highest BCUT2D eigenvalue weighted by Gasteiger charge is 2.43. The number of benzene rings is 1. The fourth-order valence-corrected chi connectivity index (χ4v) is 1.40. The fourth-order valence-electron chi connectivity index (χ4n) is 1.40. The van der Waals surface area contributed by atoms with Crippen LogP contribution < -0.4 is 10.5 Å². The second kappa shape index (κ2) is 5.68. The molecule has 0 bridgehead atoms. The van der Waals surface area contributed by atoms with Crippen molar-refractivity contribution in [2.75, 3.05) is 6.54 Å². The second-order valence-corrected chi connectivity index (χ2v) is 3.72. The van der Waals surface area contributed by atoms with Crippen LogP contribution in [0.3, 0.4) is 0 Å². The van der Waals surface area contributed by atoms with E-state index in [4.69, 9.17) is 5.73 Å². The van der Waals surface area contributed by atoms with Crippen LogP contribution in [0.5, 0.6) is 5.75 Å². The molecule has 0 heterocycles. The van der Waals surface area contributed by atoms with Gasteiger partial charge in [0.1, 0.15) is 5.75 Å². The topological polar surface area (TPSA) is 35.2 Å². The Balaban J connectivity index is 3.04. The van der Waals surface area contributed by atoms with E-state index in [0.717, 1.165) is 12.1 Å². The second-order valence-electron chi connectivity index (χ2n) is 3.72. The van der Waals surface area contributed by atoms with Crippen LogP contribution in [0.25, 0.3) is 0 Å². The Morgan fingerprint density at radius 1 is 1.05 bits per heavy atom. The lowest BCUT2D eigenvalue weighted by atomic mass is 10.2. The van der Waals surface area contributed by atoms with E-state index in [1.807, 2.05) is 0 Å². The molecule has 0 radical (unpaired) electrons. The molecular weight excluding hydrogens is 276 g/mol. The van der Waals surface area contributed by atoms with Gasteiger partial charge in [0, 0.05) is 6.42 Å². The smallest absolute Gasteiger partial charge is 0.425 e. The zero-order valence-electron chi connectivity index (χ0n) is 9.55. The molecule has 1 aromatic carbocycles. The standard InChI is InChI=1S/C11H11F6NO/c12-10(13,14)7-3-1-2-4-8(7)19-9(5-6-18)11(15,16)17/h1-4,9H,5-6,18H2. The van der Waals surface area contributed by atoms with Crippen molar-refractivity contribution in [1.82, 2.24) is 0 Å². The van der Waals surface area contributed by atoms with Crippen molar-refractivity contribution < 1.29 is 31.1 Å². The van der Waals surface area contributed by atoms with E-state index in [1.165, 1.54) is 6.07 Å². The number of halogens is 6. The van der Waals surface area contributed by atoms with Gasteiger partial charge in [0.15, 0.2) is 6.10 Å². The number of hydrogen-bond donors (Lipinski definition) is 1. The van der Waals surface area contributed by atoms with Crippen LogP contribution in [0.1, 0.15) is 12.0 Å². The molecule has 108 valence electrons. The largest absolute Gasteiger partial charge is 0.480 e. The molecule has 2 nitrogen and oxygen atoms in total. The SMILES string of the molecule is NCCC(Oc1ccccc1C(F)(F)F)C(F)(F)F. The Morgan fingerprint density at radius 2 is 1.63 bits per heavy atom. The Morgan fingerprint density at radius 3 is 2.11 bits per heavy atom. The normalized spacial score (nSPS) is 14.3. The Kier molecular flexibility index (Phi) is 4.67. The van der Waals surface area contributed by atoms with Gasteiger partial charge in [-0.2, -0.15) is 26.3 Å². The Labute approximate surface area is 105 Å². The molecule has 8 heteroatoms. The Bertz CT molecular complexity index is 414. The fraction of sp³-hybridized carbons (Fsp3) is 0.455. The van der Waals surface area contributed by atoms with Crippen molar-refractivity contribution in [3.63, 3.8) is 0 Å². The number of rotatable bonds is 4. The van der Waals surface area contributed by atoms with E-state index in [2.05, 4.69) is 4.74 Å². The minimum absolute atomic E-state index is 0.349. The third-order valence-electron chi connectivity index (χ3n) is 2.26. The van der Waals surface area contributed by atoms with Crippen LogP contribution in [0.15, 0.2) is 24.3 Å². The van der Waals surface area contributed by atoms with E-state index >= 15 is 0 Å². The maximum Gasteiger partial charge on any atom is 0.425 e. The molecule has 1 rings (SSSR count). The van der Waals surface area contributed by atoms with E-state index < -0.39 is 36.2 Å². The van der Waals surface area contributed by atoms with Crippen LogP contribution >= 0.6 is 0 Å². The third-order valence-corrected chi connectivity index (χ3v) is 2.26. The summed E-state index contributed by atoms with van der Waals surface area (Å²) in [5, 5.41) is 0. The average molecular weight is 287 g/mol. The molecule has 0 aliphatic carbocycles. The first-order valence-corrected chi connectivity index (χ1v) is 5.26. The van der Waals surface area contributed by atoms with Crippen LogP contribution in [-0.4, -0.2) is 18.8 Å². The molecule has 0 fully saturated rings. The van der Waals surface area contributed by atoms with E-state index in [1.54, 1.807) is 0 Å². The van der Waals surface area contributed by atoms with E-state index in [0.29, 0.717) is 6.07 Å². The molecule has 0 aliphatic rings. The van der Waals surface area contributed by atoms with Crippen LogP contribution in [0, 0.1) is 0 Å². The highest BCUT2D eigenvalue weighted by molar-refractivity contribution is 5.35. The summed E-state index contributed by atoms with van der Waals surface area (Å²) < 4.78 is 79.9. The van der Waals surface area contributed by atoms with Gasteiger partial charge >= 0.3 is 12.4 Å². The van der Waals surface area contributed by atoms with Gasteiger partial charge in [-0.1, -0.05) is 12.1 Å². The molecule has 1 aromatic rings. The molecule has 0 aliphatic heterocycles. The summed E-state index contributed by atoms with van der Waals surface area (Å²) in [7, 11) is 0. The summed E-state index contributed by atoms with van der Waals surface area (Å²) in [6, 6.07) is 3.74. The first-order chi connectivity index (χ1) is 8.66. The molecule has 0 spiro atoms. The number of hydrogen-bond acceptors (Lipinski definition) is 2. The predicted molar refractivity (Wildman–Crippen MR) is 55.6 cm³/mol. The number of para-hydroxylation sites is 1. The third kappa shape index (κ3) is 4.30. The summed E-state index contributed by atoms with van der Waals surface area (Å²) in [6.45, 7) is -0.349. The highest BCUT2D eigenvalue weighted by Crippen LogP contribution is 2.38. The summed E-state index contributed by atoms with van der Waals surface area (Å²) in [5.74, 6) is -0.856. The zero-order chi connectivity index (χ0) is 14.7. The lowest BCUT2D eigenvalue weighted by Crippen LogP contribution is -2.36. The van der Waals surface area contributed by atoms with Gasteiger partial charge in [-0.25, -0.2) is 0 Å². The molecule has 0 saturated heterocycles. The van der Waals surface area contributed by atoms with Crippen LogP contribution in [0.4, 0.5) is 26.3 Å². The van der Waals surface area contributed by atoms with Crippen LogP contribution in [0.2, 0.25) is 0 Å². The molecule has 1 unspecified atom stereocenters. The number of alkyl halides is 6. The summed E-state index contributed by atoms with van der Waals surface area (Å²) >= 11 is 0.